The van der Waals surface area contributed by atoms with Crippen LogP contribution in [0.5, 0.6) is 0 Å². The number of Topliss-reactive ketones (excluding diaryl/α,β-unsaturated/α-hetero) is 4. The predicted octanol–water partition coefficient (Wildman–Crippen LogP) is 1.25. The number of rotatable bonds is 8. The topological polar surface area (TPSA) is 68.3 Å². The Morgan fingerprint density at radius 2 is 1.27 bits per heavy atom. The van der Waals surface area contributed by atoms with Gasteiger partial charge in [0.05, 0.1) is 0 Å². The molecule has 15 heavy (non-hydrogen) atoms. The molecule has 0 aromatic rings. The average molecular weight is 212 g/mol. The van der Waals surface area contributed by atoms with Crippen molar-refractivity contribution in [2.24, 2.45) is 0 Å². The summed E-state index contributed by atoms with van der Waals surface area (Å²) in [5, 5.41) is 0. The first-order valence-electron chi connectivity index (χ1n) is 5.08. The fraction of sp³-hybridized carbons (Fsp3) is 0.636. The zero-order valence-electron chi connectivity index (χ0n) is 9.17. The van der Waals surface area contributed by atoms with E-state index < -0.39 is 17.3 Å². The van der Waals surface area contributed by atoms with E-state index in [2.05, 4.69) is 0 Å². The quantitative estimate of drug-likeness (QED) is 0.568. The van der Waals surface area contributed by atoms with Crippen molar-refractivity contribution in [3.05, 3.63) is 0 Å². The second-order valence-corrected chi connectivity index (χ2v) is 3.43. The van der Waals surface area contributed by atoms with Crippen molar-refractivity contribution < 1.29 is 19.2 Å². The molecule has 0 aliphatic rings. The fourth-order valence-electron chi connectivity index (χ4n) is 1.09. The van der Waals surface area contributed by atoms with Crippen LogP contribution in [-0.2, 0) is 19.2 Å². The molecule has 0 amide bonds. The Kier molecular flexibility index (Phi) is 6.42. The number of ketones is 4. The van der Waals surface area contributed by atoms with Gasteiger partial charge in [0.15, 0.2) is 23.1 Å². The molecule has 0 aliphatic carbocycles. The summed E-state index contributed by atoms with van der Waals surface area (Å²) in [4.78, 5) is 43.6. The predicted molar refractivity (Wildman–Crippen MR) is 54.5 cm³/mol. The molecule has 0 saturated carbocycles. The molecular formula is C11H16O4. The first-order valence-corrected chi connectivity index (χ1v) is 5.08. The molecule has 0 saturated heterocycles. The molecule has 0 fully saturated rings. The molecular weight excluding hydrogens is 196 g/mol. The van der Waals surface area contributed by atoms with Gasteiger partial charge in [-0.25, -0.2) is 0 Å². The Hall–Kier alpha value is -1.32. The molecule has 0 heterocycles. The summed E-state index contributed by atoms with van der Waals surface area (Å²) in [7, 11) is 0. The second-order valence-electron chi connectivity index (χ2n) is 3.43. The fourth-order valence-corrected chi connectivity index (χ4v) is 1.09. The van der Waals surface area contributed by atoms with Crippen LogP contribution >= 0.6 is 0 Å². The third kappa shape index (κ3) is 5.88. The Labute approximate surface area is 89.0 Å². The van der Waals surface area contributed by atoms with Crippen molar-refractivity contribution in [1.82, 2.24) is 0 Å². The van der Waals surface area contributed by atoms with Gasteiger partial charge in [-0.15, -0.1) is 0 Å². The Balaban J connectivity index is 3.77. The largest absolute Gasteiger partial charge is 0.291 e. The van der Waals surface area contributed by atoms with Crippen LogP contribution in [0.3, 0.4) is 0 Å². The van der Waals surface area contributed by atoms with Crippen LogP contribution in [0.4, 0.5) is 0 Å². The van der Waals surface area contributed by atoms with Crippen LogP contribution < -0.4 is 0 Å². The molecule has 0 aromatic heterocycles. The van der Waals surface area contributed by atoms with E-state index in [-0.39, 0.29) is 31.5 Å². The number of hydrogen-bond donors (Lipinski definition) is 0. The molecule has 0 aromatic carbocycles. The molecule has 0 rings (SSSR count). The van der Waals surface area contributed by atoms with Crippen molar-refractivity contribution in [3.8, 4) is 0 Å². The van der Waals surface area contributed by atoms with Gasteiger partial charge in [0, 0.05) is 26.2 Å². The average Bonchev–Trinajstić information content (AvgIpc) is 2.17. The summed E-state index contributed by atoms with van der Waals surface area (Å²) >= 11 is 0. The minimum atomic E-state index is -0.498. The first-order chi connectivity index (χ1) is 6.99. The first kappa shape index (κ1) is 13.7. The van der Waals surface area contributed by atoms with Gasteiger partial charge in [0.25, 0.3) is 0 Å². The summed E-state index contributed by atoms with van der Waals surface area (Å²) in [5.74, 6) is -1.80. The lowest BCUT2D eigenvalue weighted by Gasteiger charge is -1.98. The summed E-state index contributed by atoms with van der Waals surface area (Å²) in [6, 6.07) is 0. The van der Waals surface area contributed by atoms with Gasteiger partial charge in [0.1, 0.15) is 0 Å². The maximum absolute atomic E-state index is 11.1. The summed E-state index contributed by atoms with van der Waals surface area (Å²) < 4.78 is 0. The van der Waals surface area contributed by atoms with E-state index in [1.165, 1.54) is 6.92 Å². The van der Waals surface area contributed by atoms with Crippen LogP contribution in [0.25, 0.3) is 0 Å². The molecule has 84 valence electrons. The maximum atomic E-state index is 11.1. The molecule has 4 heteroatoms. The van der Waals surface area contributed by atoms with Gasteiger partial charge in [-0.05, 0) is 12.8 Å². The van der Waals surface area contributed by atoms with Gasteiger partial charge >= 0.3 is 0 Å². The SMILES string of the molecule is CCCC(=O)C(=O)CCCC(=O)C(C)=O. The number of hydrogen-bond acceptors (Lipinski definition) is 4. The minimum Gasteiger partial charge on any atom is -0.291 e. The van der Waals surface area contributed by atoms with Crippen molar-refractivity contribution in [2.45, 2.75) is 46.0 Å². The Morgan fingerprint density at radius 3 is 1.73 bits per heavy atom. The standard InChI is InChI=1S/C11H16O4/c1-3-5-10(14)11(15)7-4-6-9(13)8(2)12/h3-7H2,1-2H3. The van der Waals surface area contributed by atoms with Crippen molar-refractivity contribution in [2.75, 3.05) is 0 Å². The van der Waals surface area contributed by atoms with Gasteiger partial charge in [-0.2, -0.15) is 0 Å². The zero-order chi connectivity index (χ0) is 11.8. The highest BCUT2D eigenvalue weighted by atomic mass is 16.2. The number of carbonyl (C=O) groups excluding carboxylic acids is 4. The molecule has 0 unspecified atom stereocenters. The summed E-state index contributed by atoms with van der Waals surface area (Å²) in [6.45, 7) is 3.02. The molecule has 0 aliphatic heterocycles. The molecule has 0 bridgehead atoms. The zero-order valence-corrected chi connectivity index (χ0v) is 9.17. The smallest absolute Gasteiger partial charge is 0.198 e. The van der Waals surface area contributed by atoms with Gasteiger partial charge in [-0.3, -0.25) is 19.2 Å². The Bertz CT molecular complexity index is 278. The van der Waals surface area contributed by atoms with E-state index in [1.807, 2.05) is 6.92 Å². The van der Waals surface area contributed by atoms with Crippen molar-refractivity contribution >= 4 is 23.1 Å². The third-order valence-electron chi connectivity index (χ3n) is 1.99. The van der Waals surface area contributed by atoms with Crippen LogP contribution in [0, 0.1) is 0 Å². The molecule has 0 radical (unpaired) electrons. The van der Waals surface area contributed by atoms with E-state index in [0.29, 0.717) is 6.42 Å². The van der Waals surface area contributed by atoms with Crippen LogP contribution in [-0.4, -0.2) is 23.1 Å². The van der Waals surface area contributed by atoms with E-state index >= 15 is 0 Å². The molecule has 0 spiro atoms. The van der Waals surface area contributed by atoms with Crippen LogP contribution in [0.15, 0.2) is 0 Å². The van der Waals surface area contributed by atoms with E-state index in [4.69, 9.17) is 0 Å². The lowest BCUT2D eigenvalue weighted by Crippen LogP contribution is -2.15. The van der Waals surface area contributed by atoms with Crippen molar-refractivity contribution in [1.29, 1.82) is 0 Å². The van der Waals surface area contributed by atoms with E-state index in [9.17, 15) is 19.2 Å². The highest BCUT2D eigenvalue weighted by molar-refractivity contribution is 6.38. The van der Waals surface area contributed by atoms with Gasteiger partial charge in [0.2, 0.25) is 0 Å². The normalized spacial score (nSPS) is 9.73. The lowest BCUT2D eigenvalue weighted by molar-refractivity contribution is -0.137. The molecule has 4 nitrogen and oxygen atoms in total. The number of carbonyl (C=O) groups is 4. The molecule has 0 atom stereocenters. The van der Waals surface area contributed by atoms with Gasteiger partial charge in [-0.1, -0.05) is 6.92 Å². The van der Waals surface area contributed by atoms with Crippen LogP contribution in [0.1, 0.15) is 46.0 Å². The molecule has 0 N–H and O–H groups in total. The highest BCUT2D eigenvalue weighted by Gasteiger charge is 2.13. The van der Waals surface area contributed by atoms with Gasteiger partial charge < -0.3 is 0 Å². The minimum absolute atomic E-state index is 0.0560. The second kappa shape index (κ2) is 7.04. The third-order valence-corrected chi connectivity index (χ3v) is 1.99. The maximum Gasteiger partial charge on any atom is 0.198 e. The summed E-state index contributed by atoms with van der Waals surface area (Å²) in [5.41, 5.74) is 0. The highest BCUT2D eigenvalue weighted by Crippen LogP contribution is 2.01. The van der Waals surface area contributed by atoms with E-state index in [1.54, 1.807) is 0 Å². The van der Waals surface area contributed by atoms with Crippen LogP contribution in [0.2, 0.25) is 0 Å². The summed E-state index contributed by atoms with van der Waals surface area (Å²) in [6.07, 6.45) is 1.32. The van der Waals surface area contributed by atoms with Crippen molar-refractivity contribution in [3.63, 3.8) is 0 Å². The lowest BCUT2D eigenvalue weighted by atomic mass is 10.0. The monoisotopic (exact) mass is 212 g/mol. The van der Waals surface area contributed by atoms with E-state index in [0.717, 1.165) is 0 Å². The Morgan fingerprint density at radius 1 is 0.800 bits per heavy atom.